The van der Waals surface area contributed by atoms with Gasteiger partial charge in [-0.05, 0) is 50.0 Å². The maximum Gasteiger partial charge on any atom is 0.407 e. The molecule has 2 aliphatic rings. The number of pyridine rings is 1. The number of amides is 1. The Bertz CT molecular complexity index is 766. The average Bonchev–Trinajstić information content (AvgIpc) is 3.27. The van der Waals surface area contributed by atoms with E-state index < -0.39 is 0 Å². The molecule has 1 saturated carbocycles. The van der Waals surface area contributed by atoms with Crippen LogP contribution in [0.25, 0.3) is 0 Å². The van der Waals surface area contributed by atoms with Gasteiger partial charge in [-0.2, -0.15) is 5.10 Å². The van der Waals surface area contributed by atoms with Gasteiger partial charge in [-0.3, -0.25) is 5.10 Å². The van der Waals surface area contributed by atoms with Crippen LogP contribution >= 0.6 is 11.8 Å². The van der Waals surface area contributed by atoms with Crippen molar-refractivity contribution in [3.63, 3.8) is 0 Å². The lowest BCUT2D eigenvalue weighted by Gasteiger charge is -2.13. The molecule has 0 saturated heterocycles. The first-order valence-electron chi connectivity index (χ1n) is 9.12. The Morgan fingerprint density at radius 3 is 3.15 bits per heavy atom. The van der Waals surface area contributed by atoms with Crippen molar-refractivity contribution in [2.24, 2.45) is 0 Å². The zero-order chi connectivity index (χ0) is 17.8. The summed E-state index contributed by atoms with van der Waals surface area (Å²) in [6, 6.07) is 6.04. The lowest BCUT2D eigenvalue weighted by Crippen LogP contribution is -2.28. The fraction of sp³-hybridized carbons (Fsp3) is 0.500. The van der Waals surface area contributed by atoms with Gasteiger partial charge in [0, 0.05) is 36.1 Å². The lowest BCUT2D eigenvalue weighted by atomic mass is 10.0. The number of carbonyl (C=O) groups excluding carboxylic acids is 1. The number of fused-ring (bicyclic) bond motifs is 7. The van der Waals surface area contributed by atoms with E-state index in [2.05, 4.69) is 25.8 Å². The third-order valence-electron chi connectivity index (χ3n) is 4.79. The number of thioether (sulfide) groups is 1. The fourth-order valence-electron chi connectivity index (χ4n) is 3.44. The highest BCUT2D eigenvalue weighted by Gasteiger charge is 2.29. The molecule has 6 bridgehead atoms. The Balaban J connectivity index is 1.51. The third-order valence-corrected chi connectivity index (χ3v) is 5.81. The molecule has 1 unspecified atom stereocenters. The van der Waals surface area contributed by atoms with E-state index in [1.807, 2.05) is 24.4 Å². The van der Waals surface area contributed by atoms with E-state index in [1.165, 1.54) is 0 Å². The van der Waals surface area contributed by atoms with Crippen molar-refractivity contribution in [2.75, 3.05) is 17.6 Å². The zero-order valence-corrected chi connectivity index (χ0v) is 15.3. The van der Waals surface area contributed by atoms with Crippen LogP contribution in [-0.2, 0) is 4.74 Å². The lowest BCUT2D eigenvalue weighted by molar-refractivity contribution is 0.100. The van der Waals surface area contributed by atoms with Gasteiger partial charge in [0.1, 0.15) is 6.10 Å². The van der Waals surface area contributed by atoms with E-state index in [4.69, 9.17) is 4.74 Å². The minimum Gasteiger partial charge on any atom is -0.446 e. The normalized spacial score (nSPS) is 23.9. The van der Waals surface area contributed by atoms with E-state index >= 15 is 0 Å². The molecule has 0 spiro atoms. The summed E-state index contributed by atoms with van der Waals surface area (Å²) in [7, 11) is 0. The van der Waals surface area contributed by atoms with Crippen LogP contribution in [0.3, 0.4) is 0 Å². The molecule has 2 aromatic heterocycles. The van der Waals surface area contributed by atoms with Crippen LogP contribution < -0.4 is 10.6 Å². The average molecular weight is 373 g/mol. The molecular formula is C18H23N5O2S. The van der Waals surface area contributed by atoms with Crippen molar-refractivity contribution in [3.05, 3.63) is 30.1 Å². The van der Waals surface area contributed by atoms with Crippen LogP contribution in [0.1, 0.15) is 43.7 Å². The minimum atomic E-state index is -0.300. The van der Waals surface area contributed by atoms with Gasteiger partial charge in [-0.15, -0.1) is 11.8 Å². The number of aromatic amines is 1. The molecule has 1 amide bonds. The molecule has 26 heavy (non-hydrogen) atoms. The van der Waals surface area contributed by atoms with Gasteiger partial charge in [0.25, 0.3) is 0 Å². The number of carbonyl (C=O) groups is 1. The highest BCUT2D eigenvalue weighted by atomic mass is 32.2. The van der Waals surface area contributed by atoms with Crippen LogP contribution in [0.4, 0.5) is 16.3 Å². The predicted octanol–water partition coefficient (Wildman–Crippen LogP) is 3.80. The number of hydrogen-bond donors (Lipinski definition) is 3. The summed E-state index contributed by atoms with van der Waals surface area (Å²) >= 11 is 1.72. The van der Waals surface area contributed by atoms with Gasteiger partial charge < -0.3 is 15.4 Å². The largest absolute Gasteiger partial charge is 0.446 e. The number of alkyl carbamates (subject to hydrolysis) is 1. The standard InChI is InChI=1S/C18H23N5O2S/c24-18-20-6-1-2-8-26-17-10-13(5-7-19-17)21-16-11-15(22-23-16)12-3-4-14(9-12)25-18/h5,7,10-12,14H,1-4,6,8-9H2,(H,20,24)(H2,21,22,23)/t12-,14?/m0/s1. The molecule has 1 aliphatic carbocycles. The number of H-pyrrole nitrogens is 1. The van der Waals surface area contributed by atoms with Crippen LogP contribution in [0.5, 0.6) is 0 Å². The minimum absolute atomic E-state index is 0.0168. The van der Waals surface area contributed by atoms with Gasteiger partial charge >= 0.3 is 6.09 Å². The number of hydrogen-bond acceptors (Lipinski definition) is 6. The molecule has 138 valence electrons. The van der Waals surface area contributed by atoms with Crippen LogP contribution in [0, 0.1) is 0 Å². The molecular weight excluding hydrogens is 350 g/mol. The Morgan fingerprint density at radius 1 is 1.23 bits per heavy atom. The molecule has 3 N–H and O–H groups in total. The van der Waals surface area contributed by atoms with Gasteiger partial charge in [0.15, 0.2) is 5.82 Å². The van der Waals surface area contributed by atoms with Crippen LogP contribution in [0.2, 0.25) is 0 Å². The van der Waals surface area contributed by atoms with Crippen molar-refractivity contribution >= 4 is 29.4 Å². The fourth-order valence-corrected chi connectivity index (χ4v) is 4.34. The Labute approximate surface area is 156 Å². The van der Waals surface area contributed by atoms with Crippen molar-refractivity contribution < 1.29 is 9.53 Å². The van der Waals surface area contributed by atoms with Crippen LogP contribution in [-0.4, -0.2) is 39.7 Å². The van der Waals surface area contributed by atoms with E-state index in [-0.39, 0.29) is 12.2 Å². The first-order chi connectivity index (χ1) is 12.8. The highest BCUT2D eigenvalue weighted by molar-refractivity contribution is 7.99. The monoisotopic (exact) mass is 373 g/mol. The quantitative estimate of drug-likeness (QED) is 0.651. The molecule has 0 aromatic carbocycles. The zero-order valence-electron chi connectivity index (χ0n) is 14.5. The van der Waals surface area contributed by atoms with Crippen molar-refractivity contribution in [3.8, 4) is 0 Å². The molecule has 0 radical (unpaired) electrons. The Kier molecular flexibility index (Phi) is 5.29. The Hall–Kier alpha value is -2.22. The first-order valence-corrected chi connectivity index (χ1v) is 10.1. The van der Waals surface area contributed by atoms with E-state index in [0.29, 0.717) is 12.5 Å². The van der Waals surface area contributed by atoms with Gasteiger partial charge in [0.2, 0.25) is 0 Å². The van der Waals surface area contributed by atoms with E-state index in [0.717, 1.165) is 60.1 Å². The van der Waals surface area contributed by atoms with Gasteiger partial charge in [-0.1, -0.05) is 0 Å². The molecule has 7 nitrogen and oxygen atoms in total. The van der Waals surface area contributed by atoms with Gasteiger partial charge in [-0.25, -0.2) is 9.78 Å². The third kappa shape index (κ3) is 4.30. The topological polar surface area (TPSA) is 91.9 Å². The Morgan fingerprint density at radius 2 is 2.19 bits per heavy atom. The number of rotatable bonds is 0. The summed E-state index contributed by atoms with van der Waals surface area (Å²) in [5, 5.41) is 14.7. The molecule has 2 aromatic rings. The second kappa shape index (κ2) is 7.99. The smallest absolute Gasteiger partial charge is 0.407 e. The van der Waals surface area contributed by atoms with E-state index in [9.17, 15) is 4.79 Å². The SMILES string of the molecule is O=C1NCCCCSc2cc(ccn2)Nc2cc([nH]n2)[C@H]2CCC(C2)O1. The summed E-state index contributed by atoms with van der Waals surface area (Å²) in [6.07, 6.45) is 6.17. The molecule has 2 atom stereocenters. The van der Waals surface area contributed by atoms with Crippen molar-refractivity contribution in [2.45, 2.75) is 49.2 Å². The summed E-state index contributed by atoms with van der Waals surface area (Å²) in [4.78, 5) is 16.3. The number of aromatic nitrogens is 3. The highest BCUT2D eigenvalue weighted by Crippen LogP contribution is 2.36. The van der Waals surface area contributed by atoms with E-state index in [1.54, 1.807) is 11.8 Å². The van der Waals surface area contributed by atoms with Crippen molar-refractivity contribution in [1.29, 1.82) is 0 Å². The summed E-state index contributed by atoms with van der Waals surface area (Å²) in [5.41, 5.74) is 2.07. The molecule has 1 fully saturated rings. The summed E-state index contributed by atoms with van der Waals surface area (Å²) in [5.74, 6) is 2.10. The second-order valence-corrected chi connectivity index (χ2v) is 7.85. The van der Waals surface area contributed by atoms with Gasteiger partial charge in [0.05, 0.1) is 5.03 Å². The molecule has 1 aliphatic heterocycles. The molecule has 4 rings (SSSR count). The first kappa shape index (κ1) is 17.2. The summed E-state index contributed by atoms with van der Waals surface area (Å²) in [6.45, 7) is 0.647. The maximum absolute atomic E-state index is 11.9. The maximum atomic E-state index is 11.9. The number of nitrogens with zero attached hydrogens (tertiary/aromatic N) is 2. The summed E-state index contributed by atoms with van der Waals surface area (Å²) < 4.78 is 5.55. The molecule has 8 heteroatoms. The predicted molar refractivity (Wildman–Crippen MR) is 101 cm³/mol. The number of ether oxygens (including phenoxy) is 1. The number of nitrogens with one attached hydrogen (secondary N) is 3. The second-order valence-electron chi connectivity index (χ2n) is 6.74. The van der Waals surface area contributed by atoms with Crippen LogP contribution in [0.15, 0.2) is 29.4 Å². The number of anilines is 2. The van der Waals surface area contributed by atoms with Crippen molar-refractivity contribution in [1.82, 2.24) is 20.5 Å². The molecule has 3 heterocycles.